The summed E-state index contributed by atoms with van der Waals surface area (Å²) in [5.41, 5.74) is 0.831. The average molecular weight is 393 g/mol. The van der Waals surface area contributed by atoms with Gasteiger partial charge in [0.25, 0.3) is 11.8 Å². The number of rotatable bonds is 8. The van der Waals surface area contributed by atoms with Crippen molar-refractivity contribution in [2.45, 2.75) is 6.42 Å². The van der Waals surface area contributed by atoms with Crippen LogP contribution in [0.15, 0.2) is 48.5 Å². The number of hydrogen-bond donors (Lipinski definition) is 2. The Bertz CT molecular complexity index is 812. The summed E-state index contributed by atoms with van der Waals surface area (Å²) in [7, 11) is 0. The van der Waals surface area contributed by atoms with E-state index in [0.717, 1.165) is 11.6 Å². The third kappa shape index (κ3) is 7.07. The number of halogens is 2. The summed E-state index contributed by atoms with van der Waals surface area (Å²) in [6.07, 6.45) is 0.607. The Balaban J connectivity index is 1.63. The maximum Gasteiger partial charge on any atom is 0.325 e. The second-order valence-electron chi connectivity index (χ2n) is 5.55. The van der Waals surface area contributed by atoms with E-state index in [9.17, 15) is 18.8 Å². The molecule has 0 saturated heterocycles. The van der Waals surface area contributed by atoms with E-state index in [4.69, 9.17) is 16.3 Å². The summed E-state index contributed by atoms with van der Waals surface area (Å²) in [6, 6.07) is 12.6. The van der Waals surface area contributed by atoms with Crippen LogP contribution in [0.1, 0.15) is 15.9 Å². The second-order valence-corrected chi connectivity index (χ2v) is 5.99. The largest absolute Gasteiger partial charge is 0.454 e. The number of carbonyl (C=O) groups is 3. The first-order chi connectivity index (χ1) is 13.0. The fourth-order valence-electron chi connectivity index (χ4n) is 2.14. The summed E-state index contributed by atoms with van der Waals surface area (Å²) < 4.78 is 18.2. The van der Waals surface area contributed by atoms with Crippen molar-refractivity contribution in [3.8, 4) is 0 Å². The van der Waals surface area contributed by atoms with Crippen molar-refractivity contribution in [2.75, 3.05) is 19.7 Å². The van der Waals surface area contributed by atoms with Crippen LogP contribution in [0.25, 0.3) is 0 Å². The lowest BCUT2D eigenvalue weighted by Crippen LogP contribution is -2.34. The number of nitrogens with one attached hydrogen (secondary N) is 2. The van der Waals surface area contributed by atoms with Crippen LogP contribution in [-0.2, 0) is 20.7 Å². The van der Waals surface area contributed by atoms with Gasteiger partial charge in [-0.15, -0.1) is 0 Å². The minimum absolute atomic E-state index is 0.176. The van der Waals surface area contributed by atoms with Gasteiger partial charge < -0.3 is 15.4 Å². The summed E-state index contributed by atoms with van der Waals surface area (Å²) in [5, 5.41) is 5.49. The van der Waals surface area contributed by atoms with Crippen molar-refractivity contribution in [1.82, 2.24) is 10.6 Å². The monoisotopic (exact) mass is 392 g/mol. The van der Waals surface area contributed by atoms with Gasteiger partial charge in [-0.3, -0.25) is 14.4 Å². The van der Waals surface area contributed by atoms with Crippen LogP contribution in [0, 0.1) is 5.82 Å². The van der Waals surface area contributed by atoms with Crippen molar-refractivity contribution < 1.29 is 23.5 Å². The number of benzene rings is 2. The van der Waals surface area contributed by atoms with Gasteiger partial charge >= 0.3 is 5.97 Å². The van der Waals surface area contributed by atoms with Crippen molar-refractivity contribution in [1.29, 1.82) is 0 Å². The molecule has 142 valence electrons. The minimum atomic E-state index is -0.799. The Morgan fingerprint density at radius 2 is 1.70 bits per heavy atom. The lowest BCUT2D eigenvalue weighted by Gasteiger charge is -2.08. The summed E-state index contributed by atoms with van der Waals surface area (Å²) in [4.78, 5) is 35.0. The van der Waals surface area contributed by atoms with Gasteiger partial charge in [-0.2, -0.15) is 0 Å². The molecule has 0 spiro atoms. The molecule has 0 aliphatic carbocycles. The molecule has 0 fully saturated rings. The first-order valence-corrected chi connectivity index (χ1v) is 8.53. The van der Waals surface area contributed by atoms with Gasteiger partial charge in [0.05, 0.1) is 5.56 Å². The minimum Gasteiger partial charge on any atom is -0.454 e. The van der Waals surface area contributed by atoms with Crippen molar-refractivity contribution in [3.05, 3.63) is 70.5 Å². The molecule has 0 aliphatic rings. The van der Waals surface area contributed by atoms with E-state index in [1.165, 1.54) is 18.2 Å². The van der Waals surface area contributed by atoms with Crippen LogP contribution in [0.2, 0.25) is 5.02 Å². The van der Waals surface area contributed by atoms with Gasteiger partial charge in [-0.25, -0.2) is 4.39 Å². The zero-order valence-corrected chi connectivity index (χ0v) is 15.1. The highest BCUT2D eigenvalue weighted by Gasteiger charge is 2.13. The van der Waals surface area contributed by atoms with Crippen LogP contribution in [0.4, 0.5) is 4.39 Å². The Morgan fingerprint density at radius 1 is 1.00 bits per heavy atom. The first-order valence-electron chi connectivity index (χ1n) is 8.15. The van der Waals surface area contributed by atoms with Crippen LogP contribution < -0.4 is 10.6 Å². The normalized spacial score (nSPS) is 10.1. The molecular weight excluding hydrogens is 375 g/mol. The summed E-state index contributed by atoms with van der Waals surface area (Å²) in [6.45, 7) is -0.553. The number of amides is 2. The maximum atomic E-state index is 13.4. The zero-order chi connectivity index (χ0) is 19.6. The topological polar surface area (TPSA) is 84.5 Å². The molecule has 0 heterocycles. The van der Waals surface area contributed by atoms with E-state index in [2.05, 4.69) is 10.6 Å². The molecule has 0 atom stereocenters. The van der Waals surface area contributed by atoms with Gasteiger partial charge in [0.2, 0.25) is 0 Å². The van der Waals surface area contributed by atoms with Crippen molar-refractivity contribution in [3.63, 3.8) is 0 Å². The molecule has 2 rings (SSSR count). The first kappa shape index (κ1) is 20.4. The van der Waals surface area contributed by atoms with Crippen LogP contribution >= 0.6 is 11.6 Å². The highest BCUT2D eigenvalue weighted by molar-refractivity contribution is 6.30. The molecule has 0 unspecified atom stereocenters. The highest BCUT2D eigenvalue weighted by atomic mass is 35.5. The zero-order valence-electron chi connectivity index (χ0n) is 14.3. The fraction of sp³-hybridized carbons (Fsp3) is 0.211. The third-order valence-corrected chi connectivity index (χ3v) is 3.78. The highest BCUT2D eigenvalue weighted by Crippen LogP contribution is 2.09. The van der Waals surface area contributed by atoms with Gasteiger partial charge in [0.1, 0.15) is 12.4 Å². The van der Waals surface area contributed by atoms with Crippen molar-refractivity contribution in [2.24, 2.45) is 0 Å². The van der Waals surface area contributed by atoms with Crippen LogP contribution in [0.5, 0.6) is 0 Å². The Hall–Kier alpha value is -2.93. The molecule has 2 N–H and O–H groups in total. The SMILES string of the molecule is O=C(COC(=O)CNC(=O)c1ccccc1F)NCCc1ccc(Cl)cc1. The van der Waals surface area contributed by atoms with Crippen LogP contribution in [-0.4, -0.2) is 37.5 Å². The van der Waals surface area contributed by atoms with Gasteiger partial charge in [0.15, 0.2) is 6.61 Å². The lowest BCUT2D eigenvalue weighted by atomic mass is 10.1. The quantitative estimate of drug-likeness (QED) is 0.674. The van der Waals surface area contributed by atoms with E-state index in [1.54, 1.807) is 12.1 Å². The Morgan fingerprint density at radius 3 is 2.41 bits per heavy atom. The van der Waals surface area contributed by atoms with Gasteiger partial charge in [-0.05, 0) is 36.2 Å². The molecule has 2 aromatic carbocycles. The lowest BCUT2D eigenvalue weighted by molar-refractivity contribution is -0.147. The molecular formula is C19H18ClFN2O4. The molecule has 0 aliphatic heterocycles. The Kier molecular flexibility index (Phi) is 7.76. The van der Waals surface area contributed by atoms with E-state index >= 15 is 0 Å². The number of carbonyl (C=O) groups excluding carboxylic acids is 3. The second kappa shape index (κ2) is 10.3. The molecule has 27 heavy (non-hydrogen) atoms. The predicted molar refractivity (Wildman–Crippen MR) is 97.9 cm³/mol. The molecule has 2 amide bonds. The van der Waals surface area contributed by atoms with Crippen molar-refractivity contribution >= 4 is 29.4 Å². The number of esters is 1. The van der Waals surface area contributed by atoms with E-state index in [-0.39, 0.29) is 5.56 Å². The molecule has 0 bridgehead atoms. The fourth-order valence-corrected chi connectivity index (χ4v) is 2.26. The molecule has 0 aromatic heterocycles. The van der Waals surface area contributed by atoms with E-state index in [0.29, 0.717) is 18.0 Å². The predicted octanol–water partition coefficient (Wildman–Crippen LogP) is 2.11. The third-order valence-electron chi connectivity index (χ3n) is 3.53. The maximum absolute atomic E-state index is 13.4. The molecule has 0 radical (unpaired) electrons. The Labute approximate surface area is 160 Å². The standard InChI is InChI=1S/C19H18ClFN2O4/c20-14-7-5-13(6-8-14)9-10-22-17(24)12-27-18(25)11-23-19(26)15-3-1-2-4-16(15)21/h1-8H,9-12H2,(H,22,24)(H,23,26). The summed E-state index contributed by atoms with van der Waals surface area (Å²) in [5.74, 6) is -2.69. The van der Waals surface area contributed by atoms with E-state index < -0.39 is 36.8 Å². The molecule has 8 heteroatoms. The van der Waals surface area contributed by atoms with Gasteiger partial charge in [0, 0.05) is 11.6 Å². The van der Waals surface area contributed by atoms with E-state index in [1.807, 2.05) is 12.1 Å². The average Bonchev–Trinajstić information content (AvgIpc) is 2.66. The van der Waals surface area contributed by atoms with Crippen LogP contribution in [0.3, 0.4) is 0 Å². The van der Waals surface area contributed by atoms with Gasteiger partial charge in [-0.1, -0.05) is 35.9 Å². The smallest absolute Gasteiger partial charge is 0.325 e. The molecule has 6 nitrogen and oxygen atoms in total. The number of ether oxygens (including phenoxy) is 1. The summed E-state index contributed by atoms with van der Waals surface area (Å²) >= 11 is 5.79. The molecule has 0 saturated carbocycles. The molecule has 2 aromatic rings. The number of hydrogen-bond acceptors (Lipinski definition) is 4.